The SMILES string of the molecule is Cc1ccc(-c2noc(CC3COCCN3)n2)cc1. The van der Waals surface area contributed by atoms with E-state index >= 15 is 0 Å². The van der Waals surface area contributed by atoms with Crippen molar-refractivity contribution in [3.8, 4) is 11.4 Å². The predicted octanol–water partition coefficient (Wildman–Crippen LogP) is 1.58. The Kier molecular flexibility index (Phi) is 3.57. The third-order valence-corrected chi connectivity index (χ3v) is 3.20. The fourth-order valence-electron chi connectivity index (χ4n) is 2.12. The van der Waals surface area contributed by atoms with E-state index in [1.54, 1.807) is 0 Å². The molecule has 1 aliphatic rings. The highest BCUT2D eigenvalue weighted by Gasteiger charge is 2.17. The number of morpholine rings is 1. The molecule has 1 atom stereocenters. The van der Waals surface area contributed by atoms with Gasteiger partial charge in [-0.1, -0.05) is 35.0 Å². The van der Waals surface area contributed by atoms with Crippen LogP contribution in [0.25, 0.3) is 11.4 Å². The van der Waals surface area contributed by atoms with E-state index in [1.807, 2.05) is 24.3 Å². The molecule has 1 unspecified atom stereocenters. The van der Waals surface area contributed by atoms with Crippen molar-refractivity contribution in [3.05, 3.63) is 35.7 Å². The maximum absolute atomic E-state index is 5.41. The fourth-order valence-corrected chi connectivity index (χ4v) is 2.12. The predicted molar refractivity (Wildman–Crippen MR) is 70.8 cm³/mol. The zero-order chi connectivity index (χ0) is 13.1. The molecule has 1 aromatic heterocycles. The molecule has 0 amide bonds. The van der Waals surface area contributed by atoms with Gasteiger partial charge in [0.2, 0.25) is 11.7 Å². The maximum atomic E-state index is 5.41. The molecule has 19 heavy (non-hydrogen) atoms. The molecular formula is C14H17N3O2. The average Bonchev–Trinajstić information content (AvgIpc) is 2.89. The summed E-state index contributed by atoms with van der Waals surface area (Å²) in [6, 6.07) is 8.36. The fraction of sp³-hybridized carbons (Fsp3) is 0.429. The van der Waals surface area contributed by atoms with Crippen molar-refractivity contribution in [2.24, 2.45) is 0 Å². The van der Waals surface area contributed by atoms with Gasteiger partial charge in [-0.25, -0.2) is 0 Å². The Balaban J connectivity index is 1.70. The van der Waals surface area contributed by atoms with E-state index in [0.29, 0.717) is 24.7 Å². The highest BCUT2D eigenvalue weighted by Crippen LogP contribution is 2.17. The van der Waals surface area contributed by atoms with Crippen molar-refractivity contribution < 1.29 is 9.26 Å². The second-order valence-corrected chi connectivity index (χ2v) is 4.81. The van der Waals surface area contributed by atoms with E-state index in [0.717, 1.165) is 18.7 Å². The molecule has 2 aromatic rings. The summed E-state index contributed by atoms with van der Waals surface area (Å²) >= 11 is 0. The number of aryl methyl sites for hydroxylation is 1. The maximum Gasteiger partial charge on any atom is 0.228 e. The topological polar surface area (TPSA) is 60.2 Å². The highest BCUT2D eigenvalue weighted by atomic mass is 16.5. The minimum absolute atomic E-state index is 0.264. The normalized spacial score (nSPS) is 19.5. The van der Waals surface area contributed by atoms with E-state index in [1.165, 1.54) is 5.56 Å². The minimum atomic E-state index is 0.264. The van der Waals surface area contributed by atoms with E-state index in [4.69, 9.17) is 9.26 Å². The van der Waals surface area contributed by atoms with Crippen LogP contribution in [-0.4, -0.2) is 35.9 Å². The molecule has 100 valence electrons. The van der Waals surface area contributed by atoms with Crippen LogP contribution in [0.1, 0.15) is 11.5 Å². The van der Waals surface area contributed by atoms with E-state index < -0.39 is 0 Å². The summed E-state index contributed by atoms with van der Waals surface area (Å²) in [6.07, 6.45) is 0.707. The highest BCUT2D eigenvalue weighted by molar-refractivity contribution is 5.54. The Hall–Kier alpha value is -1.72. The number of hydrogen-bond donors (Lipinski definition) is 1. The first-order chi connectivity index (χ1) is 9.31. The number of benzene rings is 1. The first-order valence-electron chi connectivity index (χ1n) is 6.52. The van der Waals surface area contributed by atoms with Gasteiger partial charge in [-0.2, -0.15) is 4.98 Å². The number of hydrogen-bond acceptors (Lipinski definition) is 5. The van der Waals surface area contributed by atoms with Crippen LogP contribution >= 0.6 is 0 Å². The number of aromatic nitrogens is 2. The molecule has 0 aliphatic carbocycles. The molecule has 0 spiro atoms. The Morgan fingerprint density at radius 3 is 2.89 bits per heavy atom. The van der Waals surface area contributed by atoms with Crippen LogP contribution < -0.4 is 5.32 Å². The van der Waals surface area contributed by atoms with E-state index in [2.05, 4.69) is 22.4 Å². The first-order valence-corrected chi connectivity index (χ1v) is 6.52. The van der Waals surface area contributed by atoms with Crippen molar-refractivity contribution in [1.82, 2.24) is 15.5 Å². The van der Waals surface area contributed by atoms with Crippen LogP contribution in [-0.2, 0) is 11.2 Å². The monoisotopic (exact) mass is 259 g/mol. The summed E-state index contributed by atoms with van der Waals surface area (Å²) in [5, 5.41) is 7.40. The number of rotatable bonds is 3. The second kappa shape index (κ2) is 5.50. The van der Waals surface area contributed by atoms with Gasteiger partial charge in [-0.05, 0) is 6.92 Å². The Morgan fingerprint density at radius 2 is 2.16 bits per heavy atom. The average molecular weight is 259 g/mol. The van der Waals surface area contributed by atoms with Crippen molar-refractivity contribution in [2.45, 2.75) is 19.4 Å². The molecule has 1 N–H and O–H groups in total. The molecular weight excluding hydrogens is 242 g/mol. The largest absolute Gasteiger partial charge is 0.378 e. The van der Waals surface area contributed by atoms with Gasteiger partial charge in [0.25, 0.3) is 0 Å². The van der Waals surface area contributed by atoms with Gasteiger partial charge in [0.15, 0.2) is 0 Å². The molecule has 0 bridgehead atoms. The minimum Gasteiger partial charge on any atom is -0.378 e. The van der Waals surface area contributed by atoms with Crippen LogP contribution in [0.2, 0.25) is 0 Å². The van der Waals surface area contributed by atoms with Gasteiger partial charge in [0, 0.05) is 24.6 Å². The molecule has 0 radical (unpaired) electrons. The lowest BCUT2D eigenvalue weighted by Gasteiger charge is -2.22. The molecule has 5 heteroatoms. The van der Waals surface area contributed by atoms with Gasteiger partial charge in [-0.15, -0.1) is 0 Å². The molecule has 1 aliphatic heterocycles. The van der Waals surface area contributed by atoms with Gasteiger partial charge in [0.1, 0.15) is 0 Å². The lowest BCUT2D eigenvalue weighted by Crippen LogP contribution is -2.42. The third-order valence-electron chi connectivity index (χ3n) is 3.20. The lowest BCUT2D eigenvalue weighted by atomic mass is 10.1. The molecule has 5 nitrogen and oxygen atoms in total. The van der Waals surface area contributed by atoms with Crippen LogP contribution in [0.3, 0.4) is 0 Å². The zero-order valence-electron chi connectivity index (χ0n) is 10.9. The van der Waals surface area contributed by atoms with Crippen LogP contribution in [0.15, 0.2) is 28.8 Å². The zero-order valence-corrected chi connectivity index (χ0v) is 10.9. The molecule has 1 aromatic carbocycles. The summed E-state index contributed by atoms with van der Waals surface area (Å²) in [5.74, 6) is 1.30. The van der Waals surface area contributed by atoms with Crippen LogP contribution in [0, 0.1) is 6.92 Å². The second-order valence-electron chi connectivity index (χ2n) is 4.81. The summed E-state index contributed by atoms with van der Waals surface area (Å²) in [6.45, 7) is 4.40. The Bertz CT molecular complexity index is 530. The number of nitrogens with zero attached hydrogens (tertiary/aromatic N) is 2. The smallest absolute Gasteiger partial charge is 0.228 e. The lowest BCUT2D eigenvalue weighted by molar-refractivity contribution is 0.0744. The summed E-state index contributed by atoms with van der Waals surface area (Å²) in [4.78, 5) is 4.43. The summed E-state index contributed by atoms with van der Waals surface area (Å²) in [7, 11) is 0. The molecule has 1 fully saturated rings. The molecule has 1 saturated heterocycles. The Morgan fingerprint density at radius 1 is 1.32 bits per heavy atom. The standard InChI is InChI=1S/C14H17N3O2/c1-10-2-4-11(5-3-10)14-16-13(19-17-14)8-12-9-18-7-6-15-12/h2-5,12,15H,6-9H2,1H3. The van der Waals surface area contributed by atoms with Crippen molar-refractivity contribution in [3.63, 3.8) is 0 Å². The number of ether oxygens (including phenoxy) is 1. The summed E-state index contributed by atoms with van der Waals surface area (Å²) < 4.78 is 10.7. The van der Waals surface area contributed by atoms with E-state index in [9.17, 15) is 0 Å². The third kappa shape index (κ3) is 3.00. The van der Waals surface area contributed by atoms with Gasteiger partial charge in [0.05, 0.1) is 13.2 Å². The molecule has 0 saturated carbocycles. The van der Waals surface area contributed by atoms with Crippen molar-refractivity contribution >= 4 is 0 Å². The molecule has 3 rings (SSSR count). The van der Waals surface area contributed by atoms with Gasteiger partial charge in [-0.3, -0.25) is 0 Å². The van der Waals surface area contributed by atoms with Crippen molar-refractivity contribution in [2.75, 3.05) is 19.8 Å². The Labute approximate surface area is 112 Å². The van der Waals surface area contributed by atoms with E-state index in [-0.39, 0.29) is 6.04 Å². The van der Waals surface area contributed by atoms with Crippen molar-refractivity contribution in [1.29, 1.82) is 0 Å². The quantitative estimate of drug-likeness (QED) is 0.906. The van der Waals surface area contributed by atoms with Gasteiger partial charge < -0.3 is 14.6 Å². The van der Waals surface area contributed by atoms with Crippen LogP contribution in [0.5, 0.6) is 0 Å². The number of nitrogens with one attached hydrogen (secondary N) is 1. The molecule has 2 heterocycles. The summed E-state index contributed by atoms with van der Waals surface area (Å²) in [5.41, 5.74) is 2.20. The van der Waals surface area contributed by atoms with Crippen LogP contribution in [0.4, 0.5) is 0 Å². The first kappa shape index (κ1) is 12.3. The van der Waals surface area contributed by atoms with Gasteiger partial charge >= 0.3 is 0 Å².